The van der Waals surface area contributed by atoms with Crippen molar-refractivity contribution in [2.75, 3.05) is 7.11 Å². The molecule has 136 valence electrons. The molecule has 2 aliphatic rings. The van der Waals surface area contributed by atoms with E-state index in [0.717, 1.165) is 18.2 Å². The Labute approximate surface area is 156 Å². The van der Waals surface area contributed by atoms with Gasteiger partial charge in [-0.2, -0.15) is 0 Å². The normalized spacial score (nSPS) is 22.8. The number of benzene rings is 2. The Hall–Kier alpha value is -3.17. The molecule has 6 heteroatoms. The van der Waals surface area contributed by atoms with Crippen molar-refractivity contribution in [3.05, 3.63) is 52.9 Å². The van der Waals surface area contributed by atoms with Crippen molar-refractivity contribution in [1.82, 2.24) is 4.57 Å². The summed E-state index contributed by atoms with van der Waals surface area (Å²) in [6, 6.07) is 9.12. The van der Waals surface area contributed by atoms with Crippen LogP contribution in [0.2, 0.25) is 0 Å². The summed E-state index contributed by atoms with van der Waals surface area (Å²) in [5, 5.41) is 23.5. The van der Waals surface area contributed by atoms with E-state index < -0.39 is 5.60 Å². The van der Waals surface area contributed by atoms with Gasteiger partial charge in [-0.05, 0) is 36.6 Å². The molecule has 2 aromatic carbocycles. The van der Waals surface area contributed by atoms with Crippen LogP contribution in [0.15, 0.2) is 30.3 Å². The molecule has 2 aliphatic heterocycles. The van der Waals surface area contributed by atoms with E-state index in [1.165, 1.54) is 11.7 Å². The summed E-state index contributed by atoms with van der Waals surface area (Å²) >= 11 is 0. The zero-order chi connectivity index (χ0) is 18.9. The fraction of sp³-hybridized carbons (Fsp3) is 0.286. The highest BCUT2D eigenvalue weighted by atomic mass is 16.5. The molecule has 2 bridgehead atoms. The van der Waals surface area contributed by atoms with E-state index in [1.54, 1.807) is 6.07 Å². The molecule has 2 unspecified atom stereocenters. The van der Waals surface area contributed by atoms with E-state index in [0.29, 0.717) is 33.6 Å². The molecule has 3 heterocycles. The molecule has 5 rings (SSSR count). The zero-order valence-corrected chi connectivity index (χ0v) is 15.0. The van der Waals surface area contributed by atoms with Crippen LogP contribution in [0.4, 0.5) is 5.69 Å². The predicted molar refractivity (Wildman–Crippen MR) is 99.8 cm³/mol. The van der Waals surface area contributed by atoms with E-state index in [9.17, 15) is 10.2 Å². The first-order chi connectivity index (χ1) is 13.0. The van der Waals surface area contributed by atoms with Gasteiger partial charge in [0.25, 0.3) is 0 Å². The Bertz CT molecular complexity index is 1160. The Morgan fingerprint density at radius 3 is 2.67 bits per heavy atom. The molecule has 0 radical (unpaired) electrons. The molecule has 3 aromatic rings. The van der Waals surface area contributed by atoms with Gasteiger partial charge in [0.15, 0.2) is 0 Å². The third-order valence-corrected chi connectivity index (χ3v) is 5.83. The molecular formula is C21H18N2O4. The number of aromatic hydroxyl groups is 2. The molecule has 1 aromatic heterocycles. The van der Waals surface area contributed by atoms with Crippen molar-refractivity contribution < 1.29 is 19.7 Å². The Morgan fingerprint density at radius 2 is 2.00 bits per heavy atom. The number of rotatable bonds is 2. The van der Waals surface area contributed by atoms with Crippen LogP contribution in [0.5, 0.6) is 17.5 Å². The van der Waals surface area contributed by atoms with Gasteiger partial charge >= 0.3 is 0 Å². The summed E-state index contributed by atoms with van der Waals surface area (Å²) in [6.07, 6.45) is 1.43. The fourth-order valence-electron chi connectivity index (χ4n) is 4.62. The zero-order valence-electron chi connectivity index (χ0n) is 15.0. The van der Waals surface area contributed by atoms with E-state index >= 15 is 0 Å². The maximum absolute atomic E-state index is 11.0. The minimum absolute atomic E-state index is 0.0151. The van der Waals surface area contributed by atoms with Crippen LogP contribution in [0.3, 0.4) is 0 Å². The van der Waals surface area contributed by atoms with Gasteiger partial charge in [-0.3, -0.25) is 4.57 Å². The molecule has 0 aliphatic carbocycles. The second-order valence-corrected chi connectivity index (χ2v) is 7.25. The third kappa shape index (κ3) is 1.87. The van der Waals surface area contributed by atoms with Crippen molar-refractivity contribution in [3.8, 4) is 23.2 Å². The lowest BCUT2D eigenvalue weighted by molar-refractivity contribution is -0.00959. The van der Waals surface area contributed by atoms with E-state index in [-0.39, 0.29) is 17.9 Å². The minimum atomic E-state index is -0.580. The molecule has 0 saturated carbocycles. The molecule has 2 atom stereocenters. The molecule has 6 nitrogen and oxygen atoms in total. The second-order valence-electron chi connectivity index (χ2n) is 7.25. The predicted octanol–water partition coefficient (Wildman–Crippen LogP) is 4.68. The first-order valence-electron chi connectivity index (χ1n) is 8.82. The Kier molecular flexibility index (Phi) is 3.08. The van der Waals surface area contributed by atoms with Gasteiger partial charge in [0, 0.05) is 0 Å². The largest absolute Gasteiger partial charge is 0.508 e. The van der Waals surface area contributed by atoms with Crippen molar-refractivity contribution in [2.24, 2.45) is 0 Å². The maximum Gasteiger partial charge on any atom is 0.235 e. The number of fused-ring (bicyclic) bond motifs is 6. The van der Waals surface area contributed by atoms with Crippen LogP contribution in [-0.4, -0.2) is 21.9 Å². The SMILES string of the molecule is [C-]#[N+]c1c(OC)cc(-n2c(O)c3c(c2O)C2(C)CCC3O2)c2ccccc12. The van der Waals surface area contributed by atoms with Crippen LogP contribution in [0.25, 0.3) is 21.3 Å². The molecule has 0 amide bonds. The van der Waals surface area contributed by atoms with Gasteiger partial charge in [0.1, 0.15) is 5.75 Å². The smallest absolute Gasteiger partial charge is 0.235 e. The van der Waals surface area contributed by atoms with Gasteiger partial charge in [0.2, 0.25) is 17.4 Å². The molecule has 1 saturated heterocycles. The van der Waals surface area contributed by atoms with Crippen LogP contribution >= 0.6 is 0 Å². The van der Waals surface area contributed by atoms with Crippen LogP contribution < -0.4 is 4.74 Å². The number of hydrogen-bond acceptors (Lipinski definition) is 4. The lowest BCUT2D eigenvalue weighted by atomic mass is 9.86. The lowest BCUT2D eigenvalue weighted by Gasteiger charge is -2.20. The summed E-state index contributed by atoms with van der Waals surface area (Å²) in [4.78, 5) is 3.62. The van der Waals surface area contributed by atoms with E-state index in [1.807, 2.05) is 31.2 Å². The lowest BCUT2D eigenvalue weighted by Crippen LogP contribution is -2.16. The highest BCUT2D eigenvalue weighted by Gasteiger charge is 2.53. The van der Waals surface area contributed by atoms with Crippen molar-refractivity contribution in [3.63, 3.8) is 0 Å². The van der Waals surface area contributed by atoms with Crippen LogP contribution in [-0.2, 0) is 10.3 Å². The topological polar surface area (TPSA) is 68.2 Å². The number of ether oxygens (including phenoxy) is 2. The summed E-state index contributed by atoms with van der Waals surface area (Å²) in [6.45, 7) is 9.46. The fourth-order valence-corrected chi connectivity index (χ4v) is 4.62. The summed E-state index contributed by atoms with van der Waals surface area (Å²) < 4.78 is 12.9. The molecule has 1 fully saturated rings. The number of aromatic nitrogens is 1. The van der Waals surface area contributed by atoms with Crippen molar-refractivity contribution in [1.29, 1.82) is 0 Å². The summed E-state index contributed by atoms with van der Waals surface area (Å²) in [5.74, 6) is 0.366. The summed E-state index contributed by atoms with van der Waals surface area (Å²) in [5.41, 5.74) is 1.73. The molecule has 27 heavy (non-hydrogen) atoms. The first kappa shape index (κ1) is 16.0. The van der Waals surface area contributed by atoms with Gasteiger partial charge in [-0.1, -0.05) is 24.3 Å². The minimum Gasteiger partial charge on any atom is -0.508 e. The van der Waals surface area contributed by atoms with Gasteiger partial charge in [-0.15, -0.1) is 0 Å². The molecule has 0 spiro atoms. The standard InChI is InChI=1S/C21H18N2O4/c1-21-9-8-14(27-21)16-17(21)20(25)23(19(16)24)13-10-15(26-3)18(22-2)12-7-5-4-6-11(12)13/h4-7,10,14,24-25H,8-9H2,1,3H3. The van der Waals surface area contributed by atoms with E-state index in [4.69, 9.17) is 16.0 Å². The molecule has 2 N–H and O–H groups in total. The maximum atomic E-state index is 11.0. The first-order valence-corrected chi connectivity index (χ1v) is 8.82. The second kappa shape index (κ2) is 5.18. The molecular weight excluding hydrogens is 344 g/mol. The monoisotopic (exact) mass is 362 g/mol. The quantitative estimate of drug-likeness (QED) is 0.650. The van der Waals surface area contributed by atoms with Gasteiger partial charge < -0.3 is 19.7 Å². The van der Waals surface area contributed by atoms with Crippen LogP contribution in [0, 0.1) is 6.57 Å². The van der Waals surface area contributed by atoms with Gasteiger partial charge in [-0.25, -0.2) is 4.85 Å². The average Bonchev–Trinajstić information content (AvgIpc) is 3.29. The van der Waals surface area contributed by atoms with E-state index in [2.05, 4.69) is 4.85 Å². The van der Waals surface area contributed by atoms with Gasteiger partial charge in [0.05, 0.1) is 42.2 Å². The van der Waals surface area contributed by atoms with Crippen LogP contribution in [0.1, 0.15) is 37.0 Å². The number of nitrogens with zero attached hydrogens (tertiary/aromatic N) is 2. The highest BCUT2D eigenvalue weighted by Crippen LogP contribution is 2.61. The van der Waals surface area contributed by atoms with Crippen molar-refractivity contribution >= 4 is 16.5 Å². The Morgan fingerprint density at radius 1 is 1.26 bits per heavy atom. The average molecular weight is 362 g/mol. The highest BCUT2D eigenvalue weighted by molar-refractivity contribution is 6.02. The number of hydrogen-bond donors (Lipinski definition) is 2. The number of methoxy groups -OCH3 is 1. The van der Waals surface area contributed by atoms with Crippen molar-refractivity contribution in [2.45, 2.75) is 31.5 Å². The Balaban J connectivity index is 1.88. The third-order valence-electron chi connectivity index (χ3n) is 5.83. The summed E-state index contributed by atoms with van der Waals surface area (Å²) in [7, 11) is 1.51.